The molecule has 1 N–H and O–H groups in total. The lowest BCUT2D eigenvalue weighted by atomic mass is 10.0. The molecule has 3 rings (SSSR count). The number of nitrogens with zero attached hydrogens (tertiary/aromatic N) is 3. The van der Waals surface area contributed by atoms with Gasteiger partial charge in [-0.15, -0.1) is 0 Å². The number of carbonyl (C=O) groups is 1. The number of carboxylic acid groups (broad SMARTS) is 1. The Morgan fingerprint density at radius 2 is 2.30 bits per heavy atom. The van der Waals surface area contributed by atoms with Gasteiger partial charge in [-0.2, -0.15) is 0 Å². The maximum Gasteiger partial charge on any atom is 0.326 e. The lowest BCUT2D eigenvalue weighted by Crippen LogP contribution is -2.33. The number of aliphatic carboxylic acids is 1. The van der Waals surface area contributed by atoms with E-state index in [-0.39, 0.29) is 0 Å². The van der Waals surface area contributed by atoms with Crippen molar-refractivity contribution in [2.24, 2.45) is 0 Å². The van der Waals surface area contributed by atoms with Gasteiger partial charge in [0.15, 0.2) is 0 Å². The van der Waals surface area contributed by atoms with Crippen molar-refractivity contribution in [3.63, 3.8) is 0 Å². The number of aryl methyl sites for hydroxylation is 1. The molecule has 0 radical (unpaired) electrons. The number of imidazole rings is 1. The van der Waals surface area contributed by atoms with Gasteiger partial charge in [0.25, 0.3) is 0 Å². The van der Waals surface area contributed by atoms with Gasteiger partial charge < -0.3 is 14.6 Å². The molecule has 2 unspecified atom stereocenters. The van der Waals surface area contributed by atoms with Crippen molar-refractivity contribution in [3.05, 3.63) is 17.7 Å². The summed E-state index contributed by atoms with van der Waals surface area (Å²) in [6.45, 7) is 4.43. The van der Waals surface area contributed by atoms with Crippen LogP contribution in [0.5, 0.6) is 0 Å². The minimum Gasteiger partial charge on any atom is -0.480 e. The fourth-order valence-electron chi connectivity index (χ4n) is 3.75. The third kappa shape index (κ3) is 2.35. The summed E-state index contributed by atoms with van der Waals surface area (Å²) in [7, 11) is 0. The molecule has 1 aromatic heterocycles. The highest BCUT2D eigenvalue weighted by molar-refractivity contribution is 5.72. The Morgan fingerprint density at radius 1 is 1.45 bits per heavy atom. The highest BCUT2D eigenvalue weighted by Crippen LogP contribution is 2.29. The molecule has 2 aliphatic heterocycles. The Bertz CT molecular complexity index is 497. The fourth-order valence-corrected chi connectivity index (χ4v) is 3.75. The Morgan fingerprint density at radius 3 is 3.05 bits per heavy atom. The van der Waals surface area contributed by atoms with E-state index in [0.717, 1.165) is 50.3 Å². The van der Waals surface area contributed by atoms with Crippen molar-refractivity contribution in [1.82, 2.24) is 14.5 Å². The molecule has 0 aliphatic carbocycles. The summed E-state index contributed by atoms with van der Waals surface area (Å²) in [6, 6.07) is 0.121. The largest absolute Gasteiger partial charge is 0.480 e. The maximum atomic E-state index is 11.5. The normalized spacial score (nSPS) is 26.6. The molecule has 0 amide bonds. The fraction of sp³-hybridized carbons (Fsp3) is 0.733. The number of carboxylic acids is 1. The van der Waals surface area contributed by atoms with Crippen LogP contribution in [0.3, 0.4) is 0 Å². The number of hydrogen-bond acceptors (Lipinski definition) is 3. The van der Waals surface area contributed by atoms with Gasteiger partial charge in [0, 0.05) is 24.4 Å². The van der Waals surface area contributed by atoms with Gasteiger partial charge in [-0.05, 0) is 45.2 Å². The van der Waals surface area contributed by atoms with Crippen LogP contribution in [-0.4, -0.2) is 44.7 Å². The molecule has 2 aliphatic rings. The predicted octanol–water partition coefficient (Wildman–Crippen LogP) is 1.87. The second-order valence-corrected chi connectivity index (χ2v) is 5.91. The number of hydrogen-bond donors (Lipinski definition) is 1. The third-order valence-corrected chi connectivity index (χ3v) is 4.78. The number of aromatic nitrogens is 2. The molecule has 5 heteroatoms. The molecule has 2 atom stereocenters. The minimum absolute atomic E-state index is 0.410. The first kappa shape index (κ1) is 13.6. The molecule has 0 spiro atoms. The summed E-state index contributed by atoms with van der Waals surface area (Å²) in [5.74, 6) is 0.251. The minimum atomic E-state index is -0.719. The van der Waals surface area contributed by atoms with Crippen molar-refractivity contribution < 1.29 is 9.90 Å². The first-order valence-electron chi connectivity index (χ1n) is 7.72. The number of likely N-dealkylation sites (N-methyl/N-ethyl adjacent to an activating group) is 1. The van der Waals surface area contributed by atoms with Crippen LogP contribution in [0, 0.1) is 0 Å². The van der Waals surface area contributed by atoms with Crippen molar-refractivity contribution >= 4 is 5.97 Å². The summed E-state index contributed by atoms with van der Waals surface area (Å²) < 4.78 is 2.00. The zero-order valence-electron chi connectivity index (χ0n) is 12.1. The van der Waals surface area contributed by atoms with Gasteiger partial charge in [0.2, 0.25) is 0 Å². The van der Waals surface area contributed by atoms with E-state index in [1.807, 2.05) is 10.8 Å². The van der Waals surface area contributed by atoms with E-state index in [1.54, 1.807) is 0 Å². The average molecular weight is 277 g/mol. The highest BCUT2D eigenvalue weighted by atomic mass is 16.4. The third-order valence-electron chi connectivity index (χ3n) is 4.78. The molecule has 0 aromatic carbocycles. The molecule has 0 bridgehead atoms. The van der Waals surface area contributed by atoms with Gasteiger partial charge in [-0.3, -0.25) is 0 Å². The highest BCUT2D eigenvalue weighted by Gasteiger charge is 2.31. The van der Waals surface area contributed by atoms with E-state index in [4.69, 9.17) is 0 Å². The quantitative estimate of drug-likeness (QED) is 0.913. The molecule has 0 saturated carbocycles. The SMILES string of the molecule is CCN1CCCC1Cc1ncc2n1C(C(=O)O)CCC2. The van der Waals surface area contributed by atoms with Crippen LogP contribution in [0.2, 0.25) is 0 Å². The molecule has 3 heterocycles. The lowest BCUT2D eigenvalue weighted by Gasteiger charge is -2.27. The first-order valence-corrected chi connectivity index (χ1v) is 7.72. The summed E-state index contributed by atoms with van der Waals surface area (Å²) >= 11 is 0. The number of likely N-dealkylation sites (tertiary alicyclic amines) is 1. The standard InChI is InChI=1S/C15H23N3O2/c1-2-17-8-4-6-11(17)9-14-16-10-12-5-3-7-13(15(19)20)18(12)14/h10-11,13H,2-9H2,1H3,(H,19,20). The smallest absolute Gasteiger partial charge is 0.326 e. The summed E-state index contributed by atoms with van der Waals surface area (Å²) in [5.41, 5.74) is 1.10. The van der Waals surface area contributed by atoms with E-state index in [0.29, 0.717) is 6.04 Å². The second kappa shape index (κ2) is 5.56. The molecule has 1 fully saturated rings. The van der Waals surface area contributed by atoms with Crippen LogP contribution in [0.4, 0.5) is 0 Å². The van der Waals surface area contributed by atoms with Crippen molar-refractivity contribution in [1.29, 1.82) is 0 Å². The summed E-state index contributed by atoms with van der Waals surface area (Å²) in [5, 5.41) is 9.43. The maximum absolute atomic E-state index is 11.5. The van der Waals surface area contributed by atoms with E-state index >= 15 is 0 Å². The summed E-state index contributed by atoms with van der Waals surface area (Å²) in [6.07, 6.45) is 7.86. The Hall–Kier alpha value is -1.36. The van der Waals surface area contributed by atoms with Crippen LogP contribution in [0.15, 0.2) is 6.20 Å². The monoisotopic (exact) mass is 277 g/mol. The number of rotatable bonds is 4. The zero-order valence-corrected chi connectivity index (χ0v) is 12.1. The van der Waals surface area contributed by atoms with Gasteiger partial charge in [-0.1, -0.05) is 6.92 Å². The van der Waals surface area contributed by atoms with Crippen LogP contribution < -0.4 is 0 Å². The van der Waals surface area contributed by atoms with Crippen LogP contribution in [-0.2, 0) is 17.6 Å². The number of fused-ring (bicyclic) bond motifs is 1. The lowest BCUT2D eigenvalue weighted by molar-refractivity contribution is -0.141. The van der Waals surface area contributed by atoms with Crippen molar-refractivity contribution in [3.8, 4) is 0 Å². The predicted molar refractivity (Wildman–Crippen MR) is 75.8 cm³/mol. The van der Waals surface area contributed by atoms with Gasteiger partial charge in [-0.25, -0.2) is 9.78 Å². The van der Waals surface area contributed by atoms with Crippen LogP contribution >= 0.6 is 0 Å². The average Bonchev–Trinajstić information content (AvgIpc) is 3.06. The van der Waals surface area contributed by atoms with Gasteiger partial charge in [0.1, 0.15) is 11.9 Å². The van der Waals surface area contributed by atoms with Crippen LogP contribution in [0.25, 0.3) is 0 Å². The van der Waals surface area contributed by atoms with Crippen molar-refractivity contribution in [2.45, 2.75) is 57.5 Å². The Kier molecular flexibility index (Phi) is 3.78. The zero-order chi connectivity index (χ0) is 14.1. The molecular weight excluding hydrogens is 254 g/mol. The second-order valence-electron chi connectivity index (χ2n) is 5.91. The van der Waals surface area contributed by atoms with E-state index in [2.05, 4.69) is 16.8 Å². The summed E-state index contributed by atoms with van der Waals surface area (Å²) in [4.78, 5) is 18.5. The first-order chi connectivity index (χ1) is 9.70. The Labute approximate surface area is 119 Å². The molecule has 5 nitrogen and oxygen atoms in total. The van der Waals surface area contributed by atoms with E-state index in [1.165, 1.54) is 12.8 Å². The molecule has 1 saturated heterocycles. The van der Waals surface area contributed by atoms with E-state index < -0.39 is 12.0 Å². The van der Waals surface area contributed by atoms with Crippen molar-refractivity contribution in [2.75, 3.05) is 13.1 Å². The molecule has 1 aromatic rings. The van der Waals surface area contributed by atoms with Gasteiger partial charge >= 0.3 is 5.97 Å². The van der Waals surface area contributed by atoms with Crippen LogP contribution in [0.1, 0.15) is 50.2 Å². The molecule has 20 heavy (non-hydrogen) atoms. The Balaban J connectivity index is 1.84. The topological polar surface area (TPSA) is 58.4 Å². The molecule has 110 valence electrons. The van der Waals surface area contributed by atoms with E-state index in [9.17, 15) is 9.90 Å². The van der Waals surface area contributed by atoms with Gasteiger partial charge in [0.05, 0.1) is 0 Å². The molecular formula is C15H23N3O2.